The quantitative estimate of drug-likeness (QED) is 0.742. The summed E-state index contributed by atoms with van der Waals surface area (Å²) in [7, 11) is 0. The molecule has 0 heterocycles. The Balaban J connectivity index is 2.65. The smallest absolute Gasteiger partial charge is 0.331 e. The number of unbranched alkanes of at least 4 members (excludes halogenated alkanes) is 1. The fraction of sp³-hybridized carbons (Fsp3) is 0.857. The molecular weight excluding hydrogens is 230 g/mol. The van der Waals surface area contributed by atoms with Gasteiger partial charge in [-0.25, -0.2) is 4.79 Å². The van der Waals surface area contributed by atoms with E-state index in [4.69, 9.17) is 4.74 Å². The maximum atomic E-state index is 12.1. The van der Waals surface area contributed by atoms with Crippen molar-refractivity contribution in [3.63, 3.8) is 0 Å². The van der Waals surface area contributed by atoms with E-state index < -0.39 is 5.54 Å². The van der Waals surface area contributed by atoms with Gasteiger partial charge in [0, 0.05) is 6.42 Å². The monoisotopic (exact) mass is 255 g/mol. The molecule has 0 aromatic carbocycles. The third-order valence-corrected chi connectivity index (χ3v) is 3.51. The van der Waals surface area contributed by atoms with E-state index in [1.54, 1.807) is 6.92 Å². The summed E-state index contributed by atoms with van der Waals surface area (Å²) in [6.45, 7) is 4.22. The second-order valence-electron chi connectivity index (χ2n) is 5.01. The predicted molar refractivity (Wildman–Crippen MR) is 70.1 cm³/mol. The molecular formula is C14H25NO3. The fourth-order valence-corrected chi connectivity index (χ4v) is 2.47. The number of carbonyl (C=O) groups is 2. The van der Waals surface area contributed by atoms with Crippen LogP contribution in [0.25, 0.3) is 0 Å². The summed E-state index contributed by atoms with van der Waals surface area (Å²) in [4.78, 5) is 24.0. The van der Waals surface area contributed by atoms with Gasteiger partial charge in [-0.2, -0.15) is 0 Å². The molecule has 0 unspecified atom stereocenters. The molecule has 1 aliphatic carbocycles. The van der Waals surface area contributed by atoms with E-state index in [2.05, 4.69) is 12.2 Å². The first kappa shape index (κ1) is 15.0. The first-order valence-corrected chi connectivity index (χ1v) is 7.13. The van der Waals surface area contributed by atoms with Crippen LogP contribution >= 0.6 is 0 Å². The van der Waals surface area contributed by atoms with Crippen LogP contribution in [-0.4, -0.2) is 24.0 Å². The second-order valence-corrected chi connectivity index (χ2v) is 5.01. The van der Waals surface area contributed by atoms with Crippen LogP contribution < -0.4 is 5.32 Å². The Labute approximate surface area is 109 Å². The summed E-state index contributed by atoms with van der Waals surface area (Å²) in [5, 5.41) is 2.94. The number of amides is 1. The Bertz CT molecular complexity index is 283. The van der Waals surface area contributed by atoms with Gasteiger partial charge in [0.05, 0.1) is 6.61 Å². The fourth-order valence-electron chi connectivity index (χ4n) is 2.47. The highest BCUT2D eigenvalue weighted by Crippen LogP contribution is 2.29. The summed E-state index contributed by atoms with van der Waals surface area (Å²) in [6.07, 6.45) is 6.86. The van der Waals surface area contributed by atoms with Gasteiger partial charge in [-0.05, 0) is 26.2 Å². The molecule has 0 aromatic rings. The minimum Gasteiger partial charge on any atom is -0.464 e. The molecule has 0 radical (unpaired) electrons. The zero-order chi connectivity index (χ0) is 13.4. The van der Waals surface area contributed by atoms with Crippen molar-refractivity contribution in [3.8, 4) is 0 Å². The zero-order valence-electron chi connectivity index (χ0n) is 11.6. The van der Waals surface area contributed by atoms with Gasteiger partial charge in [0.25, 0.3) is 0 Å². The molecule has 0 bridgehead atoms. The molecule has 0 aromatic heterocycles. The van der Waals surface area contributed by atoms with Crippen molar-refractivity contribution in [2.45, 2.75) is 70.8 Å². The number of nitrogens with one attached hydrogen (secondary N) is 1. The third-order valence-electron chi connectivity index (χ3n) is 3.51. The number of ether oxygens (including phenoxy) is 1. The van der Waals surface area contributed by atoms with Crippen molar-refractivity contribution in [3.05, 3.63) is 0 Å². The van der Waals surface area contributed by atoms with Crippen molar-refractivity contribution in [2.75, 3.05) is 6.61 Å². The van der Waals surface area contributed by atoms with Crippen LogP contribution in [0.2, 0.25) is 0 Å². The number of esters is 1. The minimum atomic E-state index is -0.751. The van der Waals surface area contributed by atoms with Crippen LogP contribution in [0.4, 0.5) is 0 Å². The van der Waals surface area contributed by atoms with Gasteiger partial charge in [-0.1, -0.05) is 32.6 Å². The maximum Gasteiger partial charge on any atom is 0.331 e. The molecule has 4 heteroatoms. The minimum absolute atomic E-state index is 0.0215. The van der Waals surface area contributed by atoms with E-state index in [0.717, 1.165) is 32.1 Å². The Kier molecular flexibility index (Phi) is 6.16. The van der Waals surface area contributed by atoms with Crippen LogP contribution in [0.3, 0.4) is 0 Å². The third kappa shape index (κ3) is 4.00. The molecule has 1 amide bonds. The molecule has 0 atom stereocenters. The van der Waals surface area contributed by atoms with E-state index in [1.807, 2.05) is 0 Å². The van der Waals surface area contributed by atoms with Crippen molar-refractivity contribution >= 4 is 11.9 Å². The van der Waals surface area contributed by atoms with Crippen molar-refractivity contribution in [1.82, 2.24) is 5.32 Å². The number of hydrogen-bond donors (Lipinski definition) is 1. The van der Waals surface area contributed by atoms with Crippen LogP contribution in [0.1, 0.15) is 65.2 Å². The normalized spacial score (nSPS) is 18.1. The molecule has 18 heavy (non-hydrogen) atoms. The van der Waals surface area contributed by atoms with Crippen molar-refractivity contribution in [1.29, 1.82) is 0 Å². The Morgan fingerprint density at radius 1 is 1.17 bits per heavy atom. The predicted octanol–water partition coefficient (Wildman–Crippen LogP) is 2.56. The standard InChI is InChI=1S/C14H25NO3/c1-3-5-9-12(16)15-14(13(17)18-4-2)10-7-6-8-11-14/h3-11H2,1-2H3,(H,15,16). The highest BCUT2D eigenvalue weighted by Gasteiger charge is 2.41. The average Bonchev–Trinajstić information content (AvgIpc) is 2.37. The number of hydrogen-bond acceptors (Lipinski definition) is 3. The average molecular weight is 255 g/mol. The first-order valence-electron chi connectivity index (χ1n) is 7.13. The molecule has 1 rings (SSSR count). The van der Waals surface area contributed by atoms with E-state index in [1.165, 1.54) is 0 Å². The highest BCUT2D eigenvalue weighted by molar-refractivity contribution is 5.88. The largest absolute Gasteiger partial charge is 0.464 e. The first-order chi connectivity index (χ1) is 8.64. The molecule has 0 spiro atoms. The summed E-state index contributed by atoms with van der Waals surface area (Å²) >= 11 is 0. The Morgan fingerprint density at radius 2 is 1.83 bits per heavy atom. The van der Waals surface area contributed by atoms with Gasteiger partial charge in [0.2, 0.25) is 5.91 Å². The molecule has 0 saturated heterocycles. The van der Waals surface area contributed by atoms with Gasteiger partial charge in [0.1, 0.15) is 5.54 Å². The summed E-state index contributed by atoms with van der Waals surface area (Å²) in [6, 6.07) is 0. The van der Waals surface area contributed by atoms with Crippen LogP contribution in [0.5, 0.6) is 0 Å². The number of carbonyl (C=O) groups excluding carboxylic acids is 2. The molecule has 1 saturated carbocycles. The zero-order valence-corrected chi connectivity index (χ0v) is 11.6. The van der Waals surface area contributed by atoms with Gasteiger partial charge in [0.15, 0.2) is 0 Å². The molecule has 1 aliphatic rings. The molecule has 1 N–H and O–H groups in total. The molecule has 0 aliphatic heterocycles. The SMILES string of the molecule is CCCCC(=O)NC1(C(=O)OCC)CCCCC1. The van der Waals surface area contributed by atoms with Gasteiger partial charge in [-0.3, -0.25) is 4.79 Å². The molecule has 1 fully saturated rings. The lowest BCUT2D eigenvalue weighted by atomic mass is 9.81. The van der Waals surface area contributed by atoms with E-state index in [9.17, 15) is 9.59 Å². The molecule has 104 valence electrons. The second kappa shape index (κ2) is 7.39. The van der Waals surface area contributed by atoms with Crippen LogP contribution in [0, 0.1) is 0 Å². The highest BCUT2D eigenvalue weighted by atomic mass is 16.5. The van der Waals surface area contributed by atoms with Crippen LogP contribution in [-0.2, 0) is 14.3 Å². The lowest BCUT2D eigenvalue weighted by Gasteiger charge is -2.35. The van der Waals surface area contributed by atoms with Crippen molar-refractivity contribution in [2.24, 2.45) is 0 Å². The van der Waals surface area contributed by atoms with Crippen LogP contribution in [0.15, 0.2) is 0 Å². The summed E-state index contributed by atoms with van der Waals surface area (Å²) in [5.41, 5.74) is -0.751. The maximum absolute atomic E-state index is 12.1. The topological polar surface area (TPSA) is 55.4 Å². The van der Waals surface area contributed by atoms with Gasteiger partial charge < -0.3 is 10.1 Å². The lowest BCUT2D eigenvalue weighted by molar-refractivity contribution is -0.155. The summed E-state index contributed by atoms with van der Waals surface area (Å²) < 4.78 is 5.14. The Hall–Kier alpha value is -1.06. The summed E-state index contributed by atoms with van der Waals surface area (Å²) in [5.74, 6) is -0.277. The lowest BCUT2D eigenvalue weighted by Crippen LogP contribution is -2.56. The Morgan fingerprint density at radius 3 is 2.39 bits per heavy atom. The van der Waals surface area contributed by atoms with Crippen molar-refractivity contribution < 1.29 is 14.3 Å². The number of rotatable bonds is 6. The van der Waals surface area contributed by atoms with Gasteiger partial charge >= 0.3 is 5.97 Å². The van der Waals surface area contributed by atoms with E-state index in [0.29, 0.717) is 25.9 Å². The van der Waals surface area contributed by atoms with E-state index in [-0.39, 0.29) is 11.9 Å². The van der Waals surface area contributed by atoms with Gasteiger partial charge in [-0.15, -0.1) is 0 Å². The van der Waals surface area contributed by atoms with E-state index >= 15 is 0 Å². The molecule has 4 nitrogen and oxygen atoms in total.